The molecule has 0 aliphatic carbocycles. The SMILES string of the molecule is Cc1cc([C@H](C)N)ccc1OCc1ccc(Br)cc1Cl. The average Bonchev–Trinajstić information content (AvgIpc) is 2.38. The number of hydrogen-bond acceptors (Lipinski definition) is 2. The number of ether oxygens (including phenoxy) is 1. The van der Waals surface area contributed by atoms with Crippen LogP contribution in [0.15, 0.2) is 40.9 Å². The van der Waals surface area contributed by atoms with Crippen LogP contribution in [0.25, 0.3) is 0 Å². The summed E-state index contributed by atoms with van der Waals surface area (Å²) in [6.45, 7) is 4.44. The van der Waals surface area contributed by atoms with Crippen LogP contribution in [0.1, 0.15) is 29.7 Å². The van der Waals surface area contributed by atoms with Crippen LogP contribution >= 0.6 is 27.5 Å². The minimum absolute atomic E-state index is 0.0312. The van der Waals surface area contributed by atoms with E-state index in [9.17, 15) is 0 Å². The van der Waals surface area contributed by atoms with E-state index in [0.717, 1.165) is 26.9 Å². The molecule has 4 heteroatoms. The Labute approximate surface area is 133 Å². The Morgan fingerprint density at radius 2 is 2.00 bits per heavy atom. The van der Waals surface area contributed by atoms with E-state index in [1.165, 1.54) is 0 Å². The topological polar surface area (TPSA) is 35.2 Å². The zero-order valence-electron chi connectivity index (χ0n) is 11.5. The fourth-order valence-corrected chi connectivity index (χ4v) is 2.64. The minimum atomic E-state index is 0.0312. The summed E-state index contributed by atoms with van der Waals surface area (Å²) in [6, 6.07) is 11.8. The second-order valence-corrected chi connectivity index (χ2v) is 6.16. The minimum Gasteiger partial charge on any atom is -0.489 e. The Hall–Kier alpha value is -1.03. The quantitative estimate of drug-likeness (QED) is 0.837. The highest BCUT2D eigenvalue weighted by molar-refractivity contribution is 9.10. The van der Waals surface area contributed by atoms with E-state index in [-0.39, 0.29) is 6.04 Å². The molecular formula is C16H17BrClNO. The van der Waals surface area contributed by atoms with Crippen molar-refractivity contribution in [2.24, 2.45) is 5.73 Å². The van der Waals surface area contributed by atoms with Crippen molar-refractivity contribution < 1.29 is 4.74 Å². The molecule has 0 unspecified atom stereocenters. The summed E-state index contributed by atoms with van der Waals surface area (Å²) < 4.78 is 6.80. The molecule has 0 aromatic heterocycles. The Morgan fingerprint density at radius 3 is 2.60 bits per heavy atom. The number of hydrogen-bond donors (Lipinski definition) is 1. The number of halogens is 2. The Morgan fingerprint density at radius 1 is 1.25 bits per heavy atom. The lowest BCUT2D eigenvalue weighted by Gasteiger charge is -2.13. The van der Waals surface area contributed by atoms with Gasteiger partial charge in [-0.2, -0.15) is 0 Å². The monoisotopic (exact) mass is 353 g/mol. The third-order valence-electron chi connectivity index (χ3n) is 3.12. The molecular weight excluding hydrogens is 338 g/mol. The van der Waals surface area contributed by atoms with Gasteiger partial charge in [-0.25, -0.2) is 0 Å². The van der Waals surface area contributed by atoms with E-state index < -0.39 is 0 Å². The Kier molecular flexibility index (Phi) is 5.08. The third-order valence-corrected chi connectivity index (χ3v) is 3.97. The molecule has 0 radical (unpaired) electrons. The fraction of sp³-hybridized carbons (Fsp3) is 0.250. The number of nitrogens with two attached hydrogens (primary N) is 1. The van der Waals surface area contributed by atoms with Gasteiger partial charge in [-0.3, -0.25) is 0 Å². The van der Waals surface area contributed by atoms with Crippen LogP contribution in [-0.2, 0) is 6.61 Å². The molecule has 0 fully saturated rings. The first kappa shape index (κ1) is 15.4. The number of benzene rings is 2. The standard InChI is InChI=1S/C16H17BrClNO/c1-10-7-12(11(2)19)4-6-16(10)20-9-13-3-5-14(17)8-15(13)18/h3-8,11H,9,19H2,1-2H3/t11-/m0/s1. The molecule has 0 amide bonds. The maximum atomic E-state index is 6.18. The predicted octanol–water partition coefficient (Wildman–Crippen LogP) is 5.01. The maximum absolute atomic E-state index is 6.18. The van der Waals surface area contributed by atoms with Crippen molar-refractivity contribution in [3.05, 3.63) is 62.6 Å². The zero-order chi connectivity index (χ0) is 14.7. The summed E-state index contributed by atoms with van der Waals surface area (Å²) in [5, 5.41) is 0.698. The van der Waals surface area contributed by atoms with Crippen LogP contribution in [0.3, 0.4) is 0 Å². The second-order valence-electron chi connectivity index (χ2n) is 4.84. The van der Waals surface area contributed by atoms with Gasteiger partial charge in [-0.05, 0) is 43.2 Å². The van der Waals surface area contributed by atoms with E-state index in [0.29, 0.717) is 11.6 Å². The summed E-state index contributed by atoms with van der Waals surface area (Å²) >= 11 is 9.56. The van der Waals surface area contributed by atoms with E-state index in [1.54, 1.807) is 0 Å². The molecule has 0 aliphatic rings. The maximum Gasteiger partial charge on any atom is 0.122 e. The van der Waals surface area contributed by atoms with Crippen molar-refractivity contribution in [2.45, 2.75) is 26.5 Å². The Bertz CT molecular complexity index is 613. The molecule has 2 N–H and O–H groups in total. The largest absolute Gasteiger partial charge is 0.489 e. The smallest absolute Gasteiger partial charge is 0.122 e. The number of aryl methyl sites for hydroxylation is 1. The van der Waals surface area contributed by atoms with E-state index >= 15 is 0 Å². The molecule has 20 heavy (non-hydrogen) atoms. The highest BCUT2D eigenvalue weighted by Gasteiger charge is 2.06. The average molecular weight is 355 g/mol. The van der Waals surface area contributed by atoms with Crippen molar-refractivity contribution in [2.75, 3.05) is 0 Å². The molecule has 106 valence electrons. The zero-order valence-corrected chi connectivity index (χ0v) is 13.8. The van der Waals surface area contributed by atoms with Gasteiger partial charge in [0.05, 0.1) is 0 Å². The van der Waals surface area contributed by atoms with Gasteiger partial charge in [0.1, 0.15) is 12.4 Å². The lowest BCUT2D eigenvalue weighted by atomic mass is 10.1. The van der Waals surface area contributed by atoms with Gasteiger partial charge < -0.3 is 10.5 Å². The highest BCUT2D eigenvalue weighted by Crippen LogP contribution is 2.25. The summed E-state index contributed by atoms with van der Waals surface area (Å²) in [4.78, 5) is 0. The van der Waals surface area contributed by atoms with Crippen molar-refractivity contribution in [1.29, 1.82) is 0 Å². The lowest BCUT2D eigenvalue weighted by Crippen LogP contribution is -2.05. The molecule has 0 heterocycles. The fourth-order valence-electron chi connectivity index (χ4n) is 1.91. The first-order valence-corrected chi connectivity index (χ1v) is 7.57. The van der Waals surface area contributed by atoms with Crippen molar-refractivity contribution in [3.8, 4) is 5.75 Å². The van der Waals surface area contributed by atoms with Crippen LogP contribution in [0.5, 0.6) is 5.75 Å². The van der Waals surface area contributed by atoms with Crippen molar-refractivity contribution >= 4 is 27.5 Å². The van der Waals surface area contributed by atoms with Gasteiger partial charge >= 0.3 is 0 Å². The van der Waals surface area contributed by atoms with Gasteiger partial charge in [0.25, 0.3) is 0 Å². The molecule has 0 bridgehead atoms. The van der Waals surface area contributed by atoms with Gasteiger partial charge in [-0.1, -0.05) is 45.7 Å². The molecule has 0 saturated carbocycles. The van der Waals surface area contributed by atoms with Gasteiger partial charge in [-0.15, -0.1) is 0 Å². The molecule has 0 saturated heterocycles. The van der Waals surface area contributed by atoms with Crippen molar-refractivity contribution in [3.63, 3.8) is 0 Å². The van der Waals surface area contributed by atoms with Crippen LogP contribution < -0.4 is 10.5 Å². The lowest BCUT2D eigenvalue weighted by molar-refractivity contribution is 0.304. The van der Waals surface area contributed by atoms with E-state index in [2.05, 4.69) is 22.0 Å². The first-order valence-electron chi connectivity index (χ1n) is 6.40. The van der Waals surface area contributed by atoms with Gasteiger partial charge in [0.15, 0.2) is 0 Å². The summed E-state index contributed by atoms with van der Waals surface area (Å²) in [5.74, 6) is 0.855. The predicted molar refractivity (Wildman–Crippen MR) is 87.3 cm³/mol. The highest BCUT2D eigenvalue weighted by atomic mass is 79.9. The Balaban J connectivity index is 2.11. The van der Waals surface area contributed by atoms with Gasteiger partial charge in [0.2, 0.25) is 0 Å². The molecule has 0 aliphatic heterocycles. The second kappa shape index (κ2) is 6.61. The molecule has 2 aromatic carbocycles. The molecule has 2 rings (SSSR count). The summed E-state index contributed by atoms with van der Waals surface area (Å²) in [7, 11) is 0. The molecule has 0 spiro atoms. The van der Waals surface area contributed by atoms with Crippen LogP contribution in [0.2, 0.25) is 5.02 Å². The molecule has 2 nitrogen and oxygen atoms in total. The van der Waals surface area contributed by atoms with Crippen LogP contribution in [-0.4, -0.2) is 0 Å². The van der Waals surface area contributed by atoms with Crippen LogP contribution in [0.4, 0.5) is 0 Å². The van der Waals surface area contributed by atoms with Gasteiger partial charge in [0, 0.05) is 21.1 Å². The van der Waals surface area contributed by atoms with Crippen molar-refractivity contribution in [1.82, 2.24) is 0 Å². The number of rotatable bonds is 4. The first-order chi connectivity index (χ1) is 9.47. The van der Waals surface area contributed by atoms with E-state index in [4.69, 9.17) is 22.1 Å². The summed E-state index contributed by atoms with van der Waals surface area (Å²) in [5.41, 5.74) is 9.02. The molecule has 2 aromatic rings. The third kappa shape index (κ3) is 3.75. The van der Waals surface area contributed by atoms with Crippen LogP contribution in [0, 0.1) is 6.92 Å². The normalized spacial score (nSPS) is 12.2. The molecule has 1 atom stereocenters. The van der Waals surface area contributed by atoms with E-state index in [1.807, 2.05) is 44.2 Å². The summed E-state index contributed by atoms with van der Waals surface area (Å²) in [6.07, 6.45) is 0.